The van der Waals surface area contributed by atoms with Gasteiger partial charge in [-0.15, -0.1) is 0 Å². The maximum Gasteiger partial charge on any atom is 0 e. The van der Waals surface area contributed by atoms with E-state index in [0.29, 0.717) is 0 Å². The topological polar surface area (TPSA) is 0 Å². The predicted octanol–water partition coefficient (Wildman–Crippen LogP) is 4.73. The molecule has 0 amide bonds. The van der Waals surface area contributed by atoms with E-state index in [4.69, 9.17) is 0 Å². The molecule has 0 aliphatic heterocycles. The summed E-state index contributed by atoms with van der Waals surface area (Å²) in [6.07, 6.45) is 27.5. The van der Waals surface area contributed by atoms with Crippen LogP contribution in [0, 0.1) is 0 Å². The van der Waals surface area contributed by atoms with Crippen LogP contribution in [0.1, 0.15) is 32.1 Å². The van der Waals surface area contributed by atoms with Crippen LogP contribution in [0.3, 0.4) is 0 Å². The molecule has 0 bridgehead atoms. The van der Waals surface area contributed by atoms with Crippen LogP contribution in [0.5, 0.6) is 0 Å². The summed E-state index contributed by atoms with van der Waals surface area (Å²) in [7, 11) is 0. The van der Waals surface area contributed by atoms with Gasteiger partial charge in [0.05, 0.1) is 0 Å². The second kappa shape index (κ2) is 12.4. The standard InChI is InChI=1S/C8H12.C7H8.Ru/c1-2-4-6-8-7-5-3-1;1-2-4-6-7-5-3-1;/h1-2,7-8H,3-6H2;1-6H,7H2;. The molecule has 0 atom stereocenters. The van der Waals surface area contributed by atoms with E-state index >= 15 is 0 Å². The van der Waals surface area contributed by atoms with Crippen molar-refractivity contribution in [3.63, 3.8) is 0 Å². The molecule has 0 aromatic carbocycles. The van der Waals surface area contributed by atoms with E-state index in [9.17, 15) is 0 Å². The summed E-state index contributed by atoms with van der Waals surface area (Å²) in [6.45, 7) is 0. The first-order chi connectivity index (χ1) is 7.50. The molecule has 0 N–H and O–H groups in total. The van der Waals surface area contributed by atoms with Gasteiger partial charge in [-0.05, 0) is 32.1 Å². The normalized spacial score (nSPS) is 17.5. The van der Waals surface area contributed by atoms with E-state index in [1.54, 1.807) is 0 Å². The van der Waals surface area contributed by atoms with Gasteiger partial charge >= 0.3 is 0 Å². The Labute approximate surface area is 112 Å². The van der Waals surface area contributed by atoms with E-state index in [1.807, 2.05) is 12.2 Å². The maximum absolute atomic E-state index is 2.27. The van der Waals surface area contributed by atoms with Crippen LogP contribution in [0.15, 0.2) is 60.8 Å². The molecule has 0 unspecified atom stereocenters. The molecule has 88 valence electrons. The van der Waals surface area contributed by atoms with Gasteiger partial charge in [0.2, 0.25) is 0 Å². The van der Waals surface area contributed by atoms with Gasteiger partial charge in [-0.25, -0.2) is 0 Å². The number of hydrogen-bond acceptors (Lipinski definition) is 0. The molecule has 1 heteroatoms. The summed E-state index contributed by atoms with van der Waals surface area (Å²) < 4.78 is 0. The minimum Gasteiger partial charge on any atom is -0.0882 e. The van der Waals surface area contributed by atoms with Crippen molar-refractivity contribution in [3.05, 3.63) is 60.8 Å². The second-order valence-electron chi connectivity index (χ2n) is 3.57. The summed E-state index contributed by atoms with van der Waals surface area (Å²) in [6, 6.07) is 0. The Morgan fingerprint density at radius 1 is 0.438 bits per heavy atom. The predicted molar refractivity (Wildman–Crippen MR) is 68.8 cm³/mol. The van der Waals surface area contributed by atoms with E-state index in [1.165, 1.54) is 25.7 Å². The summed E-state index contributed by atoms with van der Waals surface area (Å²) in [5, 5.41) is 0. The Hall–Kier alpha value is -0.677. The van der Waals surface area contributed by atoms with E-state index in [0.717, 1.165) is 6.42 Å². The van der Waals surface area contributed by atoms with E-state index < -0.39 is 0 Å². The Balaban J connectivity index is 0.000000267. The number of hydrogen-bond donors (Lipinski definition) is 0. The zero-order valence-electron chi connectivity index (χ0n) is 9.66. The SMILES string of the molecule is C1=CC=CCC=C1.C1=CCCC=CCC1.[Ru]. The van der Waals surface area contributed by atoms with Crippen LogP contribution < -0.4 is 0 Å². The van der Waals surface area contributed by atoms with Gasteiger partial charge in [-0.2, -0.15) is 0 Å². The number of allylic oxidation sites excluding steroid dienone is 10. The smallest absolute Gasteiger partial charge is 0 e. The molecule has 2 aliphatic rings. The Morgan fingerprint density at radius 3 is 1.19 bits per heavy atom. The van der Waals surface area contributed by atoms with Crippen LogP contribution in [0.2, 0.25) is 0 Å². The van der Waals surface area contributed by atoms with Crippen LogP contribution in [-0.2, 0) is 19.5 Å². The molecular formula is C15H20Ru. The van der Waals surface area contributed by atoms with Gasteiger partial charge in [0.15, 0.2) is 0 Å². The third-order valence-corrected chi connectivity index (χ3v) is 2.21. The molecule has 0 fully saturated rings. The van der Waals surface area contributed by atoms with Crippen molar-refractivity contribution in [3.8, 4) is 0 Å². The molecular weight excluding hydrogens is 281 g/mol. The van der Waals surface area contributed by atoms with Crippen molar-refractivity contribution in [2.24, 2.45) is 0 Å². The fraction of sp³-hybridized carbons (Fsp3) is 0.333. The van der Waals surface area contributed by atoms with Crippen molar-refractivity contribution in [2.45, 2.75) is 32.1 Å². The summed E-state index contributed by atoms with van der Waals surface area (Å²) in [4.78, 5) is 0. The fourth-order valence-electron chi connectivity index (χ4n) is 1.38. The molecule has 2 aliphatic carbocycles. The minimum absolute atomic E-state index is 0. The summed E-state index contributed by atoms with van der Waals surface area (Å²) >= 11 is 0. The Kier molecular flexibility index (Phi) is 11.9. The molecule has 0 aromatic rings. The molecule has 0 saturated heterocycles. The molecule has 0 aromatic heterocycles. The largest absolute Gasteiger partial charge is 0.0882 e. The van der Waals surface area contributed by atoms with Gasteiger partial charge in [0.1, 0.15) is 0 Å². The van der Waals surface area contributed by atoms with Crippen molar-refractivity contribution in [1.82, 2.24) is 0 Å². The molecule has 0 spiro atoms. The molecule has 0 nitrogen and oxygen atoms in total. The monoisotopic (exact) mass is 302 g/mol. The van der Waals surface area contributed by atoms with Gasteiger partial charge in [0.25, 0.3) is 0 Å². The Morgan fingerprint density at radius 2 is 0.812 bits per heavy atom. The van der Waals surface area contributed by atoms with Gasteiger partial charge < -0.3 is 0 Å². The van der Waals surface area contributed by atoms with Crippen molar-refractivity contribution < 1.29 is 19.5 Å². The molecule has 16 heavy (non-hydrogen) atoms. The van der Waals surface area contributed by atoms with Crippen molar-refractivity contribution >= 4 is 0 Å². The van der Waals surface area contributed by atoms with Gasteiger partial charge in [-0.1, -0.05) is 60.8 Å². The average Bonchev–Trinajstić information content (AvgIpc) is 2.48. The summed E-state index contributed by atoms with van der Waals surface area (Å²) in [5.74, 6) is 0. The first-order valence-electron chi connectivity index (χ1n) is 5.78. The zero-order chi connectivity index (χ0) is 10.6. The zero-order valence-corrected chi connectivity index (χ0v) is 11.4. The van der Waals surface area contributed by atoms with Crippen molar-refractivity contribution in [2.75, 3.05) is 0 Å². The van der Waals surface area contributed by atoms with Crippen LogP contribution in [0.25, 0.3) is 0 Å². The molecule has 2 rings (SSSR count). The molecule has 0 radical (unpaired) electrons. The van der Waals surface area contributed by atoms with Gasteiger partial charge in [0, 0.05) is 19.5 Å². The third-order valence-electron chi connectivity index (χ3n) is 2.21. The molecule has 0 heterocycles. The van der Waals surface area contributed by atoms with Crippen LogP contribution in [-0.4, -0.2) is 0 Å². The average molecular weight is 301 g/mol. The third kappa shape index (κ3) is 9.86. The van der Waals surface area contributed by atoms with E-state index in [2.05, 4.69) is 48.6 Å². The van der Waals surface area contributed by atoms with Crippen LogP contribution in [0.4, 0.5) is 0 Å². The van der Waals surface area contributed by atoms with E-state index in [-0.39, 0.29) is 19.5 Å². The first kappa shape index (κ1) is 15.3. The minimum atomic E-state index is 0. The summed E-state index contributed by atoms with van der Waals surface area (Å²) in [5.41, 5.74) is 0. The second-order valence-corrected chi connectivity index (χ2v) is 3.57. The van der Waals surface area contributed by atoms with Crippen LogP contribution >= 0.6 is 0 Å². The Bertz CT molecular complexity index is 240. The first-order valence-corrected chi connectivity index (χ1v) is 5.78. The fourth-order valence-corrected chi connectivity index (χ4v) is 1.38. The van der Waals surface area contributed by atoms with Crippen molar-refractivity contribution in [1.29, 1.82) is 0 Å². The maximum atomic E-state index is 2.27. The molecule has 0 saturated carbocycles. The van der Waals surface area contributed by atoms with Gasteiger partial charge in [-0.3, -0.25) is 0 Å². The quantitative estimate of drug-likeness (QED) is 0.448. The number of rotatable bonds is 0.